The van der Waals surface area contributed by atoms with E-state index in [1.807, 2.05) is 0 Å². The van der Waals surface area contributed by atoms with E-state index in [1.54, 1.807) is 0 Å². The molecular weight excluding hydrogens is 813 g/mol. The van der Waals surface area contributed by atoms with Crippen molar-refractivity contribution >= 4 is 17.9 Å². The number of carbonyl (C=O) groups excluding carboxylic acids is 2. The van der Waals surface area contributed by atoms with Crippen LogP contribution in [0.1, 0.15) is 232 Å². The maximum Gasteiger partial charge on any atom is 0.335 e. The van der Waals surface area contributed by atoms with E-state index in [-0.39, 0.29) is 26.1 Å². The summed E-state index contributed by atoms with van der Waals surface area (Å²) in [6.07, 6.45) is 41.9. The van der Waals surface area contributed by atoms with Crippen molar-refractivity contribution in [3.8, 4) is 0 Å². The monoisotopic (exact) mass is 907 g/mol. The fourth-order valence-electron chi connectivity index (χ4n) is 7.95. The maximum atomic E-state index is 12.8. The number of aliphatic carboxylic acids is 1. The van der Waals surface area contributed by atoms with Crippen LogP contribution in [-0.4, -0.2) is 88.4 Å². The molecule has 64 heavy (non-hydrogen) atoms. The molecule has 4 N–H and O–H groups in total. The highest BCUT2D eigenvalue weighted by Gasteiger charge is 2.47. The molecule has 1 fully saturated rings. The van der Waals surface area contributed by atoms with E-state index in [4.69, 9.17) is 18.9 Å². The molecule has 11 heteroatoms. The molecule has 6 atom stereocenters. The number of carbonyl (C=O) groups is 3. The van der Waals surface area contributed by atoms with Crippen molar-refractivity contribution in [2.45, 2.75) is 269 Å². The summed E-state index contributed by atoms with van der Waals surface area (Å²) in [5.74, 6) is -2.44. The largest absolute Gasteiger partial charge is 0.479 e. The van der Waals surface area contributed by atoms with Crippen LogP contribution in [0, 0.1) is 0 Å². The third-order valence-electron chi connectivity index (χ3n) is 12.0. The lowest BCUT2D eigenvalue weighted by atomic mass is 9.99. The first-order chi connectivity index (χ1) is 31.2. The van der Waals surface area contributed by atoms with Crippen LogP contribution in [0.4, 0.5) is 0 Å². The lowest BCUT2D eigenvalue weighted by molar-refractivity contribution is -0.298. The first-order valence-corrected chi connectivity index (χ1v) is 26.0. The number of carboxylic acid groups (broad SMARTS) is 1. The molecule has 0 aromatic heterocycles. The van der Waals surface area contributed by atoms with Crippen LogP contribution in [0.2, 0.25) is 0 Å². The van der Waals surface area contributed by atoms with Gasteiger partial charge in [-0.1, -0.05) is 211 Å². The molecule has 1 rings (SSSR count). The first kappa shape index (κ1) is 59.4. The zero-order chi connectivity index (χ0) is 46.7. The molecule has 6 unspecified atom stereocenters. The topological polar surface area (TPSA) is 169 Å². The van der Waals surface area contributed by atoms with Gasteiger partial charge in [-0.25, -0.2) is 4.79 Å². The van der Waals surface area contributed by atoms with Gasteiger partial charge in [-0.3, -0.25) is 9.59 Å². The van der Waals surface area contributed by atoms with Gasteiger partial charge in [0.1, 0.15) is 24.9 Å². The number of rotatable bonds is 44. The fourth-order valence-corrected chi connectivity index (χ4v) is 7.95. The third-order valence-corrected chi connectivity index (χ3v) is 12.0. The molecule has 0 radical (unpaired) electrons. The van der Waals surface area contributed by atoms with E-state index in [9.17, 15) is 34.8 Å². The summed E-state index contributed by atoms with van der Waals surface area (Å²) in [6, 6.07) is 0. The lowest BCUT2D eigenvalue weighted by Crippen LogP contribution is -2.60. The Kier molecular flexibility index (Phi) is 40.0. The highest BCUT2D eigenvalue weighted by Crippen LogP contribution is 2.23. The van der Waals surface area contributed by atoms with Crippen molar-refractivity contribution in [1.29, 1.82) is 0 Å². The molecule has 0 amide bonds. The summed E-state index contributed by atoms with van der Waals surface area (Å²) in [6.45, 7) is 3.73. The summed E-state index contributed by atoms with van der Waals surface area (Å²) in [7, 11) is 0. The molecule has 0 bridgehead atoms. The average Bonchev–Trinajstić information content (AvgIpc) is 3.28. The predicted molar refractivity (Wildman–Crippen MR) is 257 cm³/mol. The SMILES string of the molecule is CC/C=C\C/C=C\C/C=C\CCCCCCCCCC(=O)OCC(COC1OC(C(=O)O)C(O)C(O)C1O)OC(=O)CCCCCCCCCCCCCCCCCCCCCCC. The van der Waals surface area contributed by atoms with Crippen molar-refractivity contribution in [2.75, 3.05) is 13.2 Å². The van der Waals surface area contributed by atoms with E-state index in [0.29, 0.717) is 12.8 Å². The normalized spacial score (nSPS) is 19.5. The van der Waals surface area contributed by atoms with Gasteiger partial charge in [-0.05, 0) is 44.9 Å². The zero-order valence-corrected chi connectivity index (χ0v) is 40.5. The average molecular weight is 907 g/mol. The molecule has 0 saturated carbocycles. The highest BCUT2D eigenvalue weighted by atomic mass is 16.7. The Labute approximate surface area is 389 Å². The molecule has 372 valence electrons. The second-order valence-corrected chi connectivity index (χ2v) is 18.0. The van der Waals surface area contributed by atoms with E-state index < -0.39 is 54.7 Å². The number of ether oxygens (including phenoxy) is 4. The maximum absolute atomic E-state index is 12.8. The number of esters is 2. The highest BCUT2D eigenvalue weighted by molar-refractivity contribution is 5.73. The van der Waals surface area contributed by atoms with Gasteiger partial charge in [0, 0.05) is 12.8 Å². The minimum atomic E-state index is -1.86. The van der Waals surface area contributed by atoms with Gasteiger partial charge in [0.2, 0.25) is 0 Å². The second-order valence-electron chi connectivity index (χ2n) is 18.0. The standard InChI is InChI=1S/C53H94O11/c1-3-5-7-9-11-13-15-17-19-21-22-23-24-26-28-30-32-34-36-38-40-42-47(55)63-45(44-62-53-50(58)48(56)49(57)51(64-53)52(59)60)43-61-46(54)41-39-37-35-33-31-29-27-25-20-18-16-14-12-10-8-6-4-2/h6,8,12,14,18,20,45,48-51,53,56-58H,3-5,7,9-11,13,15-17,19,21-44H2,1-2H3,(H,59,60)/b8-6-,14-12-,20-18-. The van der Waals surface area contributed by atoms with Gasteiger partial charge < -0.3 is 39.4 Å². The van der Waals surface area contributed by atoms with Gasteiger partial charge in [-0.2, -0.15) is 0 Å². The molecule has 0 spiro atoms. The summed E-state index contributed by atoms with van der Waals surface area (Å²) < 4.78 is 21.8. The minimum absolute atomic E-state index is 0.184. The van der Waals surface area contributed by atoms with Gasteiger partial charge in [-0.15, -0.1) is 0 Å². The summed E-state index contributed by atoms with van der Waals surface area (Å²) in [4.78, 5) is 37.0. The number of aliphatic hydroxyl groups excluding tert-OH is 3. The van der Waals surface area contributed by atoms with Crippen LogP contribution in [0.3, 0.4) is 0 Å². The molecule has 0 aromatic carbocycles. The predicted octanol–water partition coefficient (Wildman–Crippen LogP) is 12.3. The quantitative estimate of drug-likeness (QED) is 0.0261. The van der Waals surface area contributed by atoms with Crippen molar-refractivity contribution in [3.05, 3.63) is 36.5 Å². The number of unbranched alkanes of at least 4 members (excludes halogenated alkanes) is 27. The van der Waals surface area contributed by atoms with Crippen LogP contribution >= 0.6 is 0 Å². The number of hydrogen-bond donors (Lipinski definition) is 4. The van der Waals surface area contributed by atoms with E-state index >= 15 is 0 Å². The molecule has 11 nitrogen and oxygen atoms in total. The summed E-state index contributed by atoms with van der Waals surface area (Å²) >= 11 is 0. The third kappa shape index (κ3) is 33.8. The molecule has 0 aromatic rings. The Morgan fingerprint density at radius 2 is 0.922 bits per heavy atom. The molecule has 1 aliphatic heterocycles. The van der Waals surface area contributed by atoms with Crippen LogP contribution < -0.4 is 0 Å². The van der Waals surface area contributed by atoms with Gasteiger partial charge in [0.25, 0.3) is 0 Å². The van der Waals surface area contributed by atoms with Crippen molar-refractivity contribution in [2.24, 2.45) is 0 Å². The molecule has 1 heterocycles. The van der Waals surface area contributed by atoms with Crippen molar-refractivity contribution in [1.82, 2.24) is 0 Å². The van der Waals surface area contributed by atoms with Crippen LogP contribution in [-0.2, 0) is 33.3 Å². The Morgan fingerprint density at radius 1 is 0.500 bits per heavy atom. The van der Waals surface area contributed by atoms with Crippen LogP contribution in [0.25, 0.3) is 0 Å². The van der Waals surface area contributed by atoms with Gasteiger partial charge in [0.15, 0.2) is 18.5 Å². The molecule has 1 aliphatic rings. The molecule has 0 aliphatic carbocycles. The Hall–Kier alpha value is -2.57. The summed E-state index contributed by atoms with van der Waals surface area (Å²) in [5, 5.41) is 39.9. The minimum Gasteiger partial charge on any atom is -0.479 e. The number of aliphatic hydroxyl groups is 3. The van der Waals surface area contributed by atoms with Crippen molar-refractivity contribution < 1.29 is 53.8 Å². The number of allylic oxidation sites excluding steroid dienone is 6. The number of carboxylic acids is 1. The smallest absolute Gasteiger partial charge is 0.335 e. The molecular formula is C53H94O11. The Bertz CT molecular complexity index is 1200. The van der Waals surface area contributed by atoms with Gasteiger partial charge in [0.05, 0.1) is 6.61 Å². The van der Waals surface area contributed by atoms with Crippen LogP contribution in [0.5, 0.6) is 0 Å². The Morgan fingerprint density at radius 3 is 1.39 bits per heavy atom. The van der Waals surface area contributed by atoms with Crippen molar-refractivity contribution in [3.63, 3.8) is 0 Å². The zero-order valence-electron chi connectivity index (χ0n) is 40.5. The Balaban J connectivity index is 2.28. The fraction of sp³-hybridized carbons (Fsp3) is 0.830. The molecule has 1 saturated heterocycles. The summed E-state index contributed by atoms with van der Waals surface area (Å²) in [5.41, 5.74) is 0. The second kappa shape index (κ2) is 43.0. The van der Waals surface area contributed by atoms with E-state index in [2.05, 4.69) is 50.3 Å². The lowest BCUT2D eigenvalue weighted by Gasteiger charge is -2.38. The number of hydrogen-bond acceptors (Lipinski definition) is 10. The first-order valence-electron chi connectivity index (χ1n) is 26.0. The van der Waals surface area contributed by atoms with Gasteiger partial charge >= 0.3 is 17.9 Å². The van der Waals surface area contributed by atoms with E-state index in [1.165, 1.54) is 122 Å². The van der Waals surface area contributed by atoms with Crippen LogP contribution in [0.15, 0.2) is 36.5 Å². The van der Waals surface area contributed by atoms with E-state index in [0.717, 1.165) is 70.6 Å².